The van der Waals surface area contributed by atoms with Gasteiger partial charge in [-0.05, 0) is 25.9 Å². The number of hydrogen-bond donors (Lipinski definition) is 0. The van der Waals surface area contributed by atoms with Gasteiger partial charge in [-0.15, -0.1) is 0 Å². The van der Waals surface area contributed by atoms with Crippen LogP contribution < -0.4 is 56.5 Å². The van der Waals surface area contributed by atoms with Crippen LogP contribution in [0.3, 0.4) is 0 Å². The van der Waals surface area contributed by atoms with Crippen molar-refractivity contribution in [3.63, 3.8) is 0 Å². The molecule has 0 aromatic carbocycles. The fourth-order valence-electron chi connectivity index (χ4n) is 1.89. The number of carbonyl (C=O) groups is 1. The number of epoxide rings is 1. The van der Waals surface area contributed by atoms with Gasteiger partial charge in [0.1, 0.15) is 12.2 Å². The number of carboxylic acids is 1. The summed E-state index contributed by atoms with van der Waals surface area (Å²) in [5, 5.41) is 10.4. The normalized spacial score (nSPS) is 32.0. The van der Waals surface area contributed by atoms with Gasteiger partial charge in [0.15, 0.2) is 0 Å². The van der Waals surface area contributed by atoms with E-state index in [1.54, 1.807) is 0 Å². The molecule has 0 aromatic rings. The zero-order valence-corrected chi connectivity index (χ0v) is 11.7. The average Bonchev–Trinajstić information content (AvgIpc) is 2.86. The Kier molecular flexibility index (Phi) is 5.55. The van der Waals surface area contributed by atoms with Gasteiger partial charge in [-0.2, -0.15) is 0 Å². The van der Waals surface area contributed by atoms with Crippen molar-refractivity contribution >= 4 is 5.97 Å². The second-order valence-corrected chi connectivity index (χ2v) is 3.78. The molecule has 14 heavy (non-hydrogen) atoms. The summed E-state index contributed by atoms with van der Waals surface area (Å²) >= 11 is 0. The van der Waals surface area contributed by atoms with E-state index in [4.69, 9.17) is 4.74 Å². The first kappa shape index (κ1) is 13.1. The third-order valence-electron chi connectivity index (χ3n) is 2.70. The summed E-state index contributed by atoms with van der Waals surface area (Å²) < 4.78 is 4.98. The van der Waals surface area contributed by atoms with E-state index < -0.39 is 12.1 Å². The molecule has 0 amide bonds. The molecule has 0 saturated carbocycles. The van der Waals surface area contributed by atoms with Crippen molar-refractivity contribution in [3.05, 3.63) is 0 Å². The Morgan fingerprint density at radius 3 is 2.50 bits per heavy atom. The quantitative estimate of drug-likeness (QED) is 0.361. The first-order valence-electron chi connectivity index (χ1n) is 4.86. The maximum atomic E-state index is 10.4. The minimum Gasteiger partial charge on any atom is -0.547 e. The zero-order chi connectivity index (χ0) is 9.26. The van der Waals surface area contributed by atoms with Crippen LogP contribution in [0.2, 0.25) is 0 Å². The van der Waals surface area contributed by atoms with Crippen molar-refractivity contribution in [1.29, 1.82) is 0 Å². The van der Waals surface area contributed by atoms with E-state index in [1.807, 2.05) is 0 Å². The van der Waals surface area contributed by atoms with Crippen LogP contribution in [0, 0.1) is 0 Å². The van der Waals surface area contributed by atoms with Gasteiger partial charge >= 0.3 is 51.4 Å². The molecule has 2 fully saturated rings. The van der Waals surface area contributed by atoms with Gasteiger partial charge in [0.25, 0.3) is 0 Å². The third-order valence-corrected chi connectivity index (χ3v) is 2.70. The SMILES string of the molecule is O=C([O-])[C@@H]1O[C@H]1CN1CCCCC1.[K+]. The first-order valence-corrected chi connectivity index (χ1v) is 4.86. The van der Waals surface area contributed by atoms with E-state index in [0.717, 1.165) is 19.6 Å². The Morgan fingerprint density at radius 1 is 1.36 bits per heavy atom. The van der Waals surface area contributed by atoms with Crippen LogP contribution in [-0.2, 0) is 9.53 Å². The summed E-state index contributed by atoms with van der Waals surface area (Å²) in [7, 11) is 0. The molecular weight excluding hydrogens is 209 g/mol. The number of nitrogens with zero attached hydrogens (tertiary/aromatic N) is 1. The van der Waals surface area contributed by atoms with E-state index in [9.17, 15) is 9.90 Å². The summed E-state index contributed by atoms with van der Waals surface area (Å²) in [6.45, 7) is 2.93. The Bertz CT molecular complexity index is 206. The van der Waals surface area contributed by atoms with E-state index >= 15 is 0 Å². The van der Waals surface area contributed by atoms with Gasteiger partial charge in [-0.1, -0.05) is 6.42 Å². The van der Waals surface area contributed by atoms with Gasteiger partial charge in [-0.3, -0.25) is 0 Å². The van der Waals surface area contributed by atoms with Crippen LogP contribution in [0.5, 0.6) is 0 Å². The van der Waals surface area contributed by atoms with Gasteiger partial charge in [-0.25, -0.2) is 0 Å². The van der Waals surface area contributed by atoms with E-state index in [0.29, 0.717) is 0 Å². The van der Waals surface area contributed by atoms with Crippen molar-refractivity contribution in [2.24, 2.45) is 0 Å². The number of ether oxygens (including phenoxy) is 1. The minimum atomic E-state index is -1.07. The number of carbonyl (C=O) groups excluding carboxylic acids is 1. The Hall–Kier alpha value is 1.03. The molecule has 0 aliphatic carbocycles. The predicted molar refractivity (Wildman–Crippen MR) is 44.0 cm³/mol. The fourth-order valence-corrected chi connectivity index (χ4v) is 1.89. The molecule has 5 heteroatoms. The van der Waals surface area contributed by atoms with Gasteiger partial charge in [0.2, 0.25) is 0 Å². The zero-order valence-electron chi connectivity index (χ0n) is 8.57. The first-order chi connectivity index (χ1) is 6.27. The molecule has 4 nitrogen and oxygen atoms in total. The maximum Gasteiger partial charge on any atom is 1.00 e. The van der Waals surface area contributed by atoms with E-state index in [-0.39, 0.29) is 57.5 Å². The Morgan fingerprint density at radius 2 is 2.00 bits per heavy atom. The standard InChI is InChI=1S/C9H15NO3.K/c11-9(12)8-7(13-8)6-10-4-2-1-3-5-10;/h7-8H,1-6H2,(H,11,12);/q;+1/p-1/t7-,8+;/m0./s1. The summed E-state index contributed by atoms with van der Waals surface area (Å²) in [6, 6.07) is 0. The molecule has 74 valence electrons. The molecule has 2 aliphatic heterocycles. The number of likely N-dealkylation sites (tertiary alicyclic amines) is 1. The van der Waals surface area contributed by atoms with Crippen molar-refractivity contribution in [2.75, 3.05) is 19.6 Å². The second kappa shape index (κ2) is 5.93. The molecular formula is C9H14KNO3. The Labute approximate surface area is 126 Å². The Balaban J connectivity index is 0.000000980. The maximum absolute atomic E-state index is 10.4. The predicted octanol–water partition coefficient (Wildman–Crippen LogP) is -4.01. The van der Waals surface area contributed by atoms with Crippen molar-refractivity contribution in [2.45, 2.75) is 31.5 Å². The van der Waals surface area contributed by atoms with Crippen LogP contribution in [0.25, 0.3) is 0 Å². The molecule has 0 aromatic heterocycles. The number of rotatable bonds is 3. The fraction of sp³-hybridized carbons (Fsp3) is 0.889. The molecule has 0 spiro atoms. The van der Waals surface area contributed by atoms with Gasteiger partial charge in [0, 0.05) is 6.54 Å². The minimum absolute atomic E-state index is 0. The van der Waals surface area contributed by atoms with Gasteiger partial charge < -0.3 is 19.5 Å². The van der Waals surface area contributed by atoms with Crippen molar-refractivity contribution in [3.8, 4) is 0 Å². The number of piperidine rings is 1. The second-order valence-electron chi connectivity index (χ2n) is 3.78. The molecule has 2 atom stereocenters. The molecule has 2 aliphatic rings. The van der Waals surface area contributed by atoms with Crippen LogP contribution in [0.1, 0.15) is 19.3 Å². The number of carboxylic acid groups (broad SMARTS) is 1. The molecule has 0 N–H and O–H groups in total. The molecule has 0 bridgehead atoms. The van der Waals surface area contributed by atoms with Crippen LogP contribution >= 0.6 is 0 Å². The van der Waals surface area contributed by atoms with Crippen LogP contribution in [-0.4, -0.2) is 42.7 Å². The molecule has 2 saturated heterocycles. The molecule has 0 radical (unpaired) electrons. The van der Waals surface area contributed by atoms with Gasteiger partial charge in [0.05, 0.1) is 5.97 Å². The topological polar surface area (TPSA) is 55.9 Å². The summed E-state index contributed by atoms with van der Waals surface area (Å²) in [6.07, 6.45) is 3.00. The monoisotopic (exact) mass is 223 g/mol. The molecule has 2 heterocycles. The largest absolute Gasteiger partial charge is 1.00 e. The smallest absolute Gasteiger partial charge is 0.547 e. The molecule has 0 unspecified atom stereocenters. The molecule has 2 rings (SSSR count). The summed E-state index contributed by atoms with van der Waals surface area (Å²) in [5.74, 6) is -1.07. The van der Waals surface area contributed by atoms with Crippen LogP contribution in [0.15, 0.2) is 0 Å². The average molecular weight is 223 g/mol. The van der Waals surface area contributed by atoms with Crippen LogP contribution in [0.4, 0.5) is 0 Å². The number of aliphatic carboxylic acids is 1. The van der Waals surface area contributed by atoms with E-state index in [2.05, 4.69) is 4.90 Å². The van der Waals surface area contributed by atoms with Crippen molar-refractivity contribution in [1.82, 2.24) is 4.90 Å². The summed E-state index contributed by atoms with van der Waals surface area (Å²) in [4.78, 5) is 12.6. The van der Waals surface area contributed by atoms with Crippen molar-refractivity contribution < 1.29 is 66.0 Å². The summed E-state index contributed by atoms with van der Waals surface area (Å²) in [5.41, 5.74) is 0. The van der Waals surface area contributed by atoms with E-state index in [1.165, 1.54) is 19.3 Å². The number of hydrogen-bond acceptors (Lipinski definition) is 4. The third kappa shape index (κ3) is 3.55.